The predicted molar refractivity (Wildman–Crippen MR) is 240 cm³/mol. The molecular formula is C49H51FN10O5. The lowest BCUT2D eigenvalue weighted by atomic mass is 9.80. The fourth-order valence-electron chi connectivity index (χ4n) is 11.8. The number of halogens is 1. The quantitative estimate of drug-likeness (QED) is 0.172. The molecule has 7 heterocycles. The molecule has 2 saturated carbocycles. The molecule has 1 spiro atoms. The van der Waals surface area contributed by atoms with E-state index in [4.69, 9.17) is 14.7 Å². The van der Waals surface area contributed by atoms with Crippen molar-refractivity contribution >= 4 is 33.8 Å². The number of aromatic nitrogens is 7. The Kier molecular flexibility index (Phi) is 8.92. The normalized spacial score (nSPS) is 23.7. The van der Waals surface area contributed by atoms with Crippen molar-refractivity contribution in [3.05, 3.63) is 123 Å². The standard InChI is InChI=1S/C49H51FN10O5/c1-28-19-36(20-29(2)42(28)50)60-43(58-17-16-57(47(58)63)35-8-10-39-34(22-35)26-51-55(39)4)37-27-56(15-11-38(37)53-60)44(61)41-23-33-21-31(32-12-18-64-48(25-32)13-5-6-14-48)7-9-40(33)59(41)49(24-30(49)3)45-52-46(62)65-54-45/h7-10,16-17,19-23,26,30,32,45,54H,5-6,11-15,18,24-25,27H2,1-4H3,(H,52,62)/t30-,32?,45?,49-/m0/s1. The van der Waals surface area contributed by atoms with Gasteiger partial charge in [0.05, 0.1) is 46.5 Å². The summed E-state index contributed by atoms with van der Waals surface area (Å²) >= 11 is 0. The third-order valence-corrected chi connectivity index (χ3v) is 15.3. The summed E-state index contributed by atoms with van der Waals surface area (Å²) in [6, 6.07) is 17.9. The molecule has 65 heavy (non-hydrogen) atoms. The highest BCUT2D eigenvalue weighted by atomic mass is 19.1. The van der Waals surface area contributed by atoms with Crippen LogP contribution >= 0.6 is 0 Å². The number of imidazole rings is 1. The first-order chi connectivity index (χ1) is 31.4. The van der Waals surface area contributed by atoms with Crippen molar-refractivity contribution in [2.24, 2.45) is 13.0 Å². The van der Waals surface area contributed by atoms with Crippen molar-refractivity contribution < 1.29 is 23.6 Å². The van der Waals surface area contributed by atoms with Gasteiger partial charge in [0.25, 0.3) is 5.91 Å². The Morgan fingerprint density at radius 1 is 0.923 bits per heavy atom. The van der Waals surface area contributed by atoms with Gasteiger partial charge < -0.3 is 19.0 Å². The smallest absolute Gasteiger partial charge is 0.375 e. The second-order valence-electron chi connectivity index (χ2n) is 19.2. The van der Waals surface area contributed by atoms with Gasteiger partial charge in [-0.3, -0.25) is 23.9 Å². The van der Waals surface area contributed by atoms with Gasteiger partial charge in [-0.25, -0.2) is 18.7 Å². The molecule has 0 bridgehead atoms. The van der Waals surface area contributed by atoms with Gasteiger partial charge >= 0.3 is 11.8 Å². The molecule has 2 unspecified atom stereocenters. The summed E-state index contributed by atoms with van der Waals surface area (Å²) in [7, 11) is 1.88. The van der Waals surface area contributed by atoms with Crippen LogP contribution in [-0.2, 0) is 35.1 Å². The topological polar surface area (TPSA) is 147 Å². The van der Waals surface area contributed by atoms with Crippen LogP contribution in [0.4, 0.5) is 9.18 Å². The van der Waals surface area contributed by atoms with Gasteiger partial charge in [-0.2, -0.15) is 10.2 Å². The number of aryl methyl sites for hydroxylation is 3. The molecule has 2 amide bonds. The molecule has 16 heteroatoms. The van der Waals surface area contributed by atoms with Gasteiger partial charge in [0.2, 0.25) is 0 Å². The molecule has 4 fully saturated rings. The maximum atomic E-state index is 15.4. The number of hydroxylamine groups is 1. The summed E-state index contributed by atoms with van der Waals surface area (Å²) in [5.74, 6) is 0.477. The summed E-state index contributed by atoms with van der Waals surface area (Å²) in [4.78, 5) is 49.6. The minimum atomic E-state index is -0.669. The van der Waals surface area contributed by atoms with Gasteiger partial charge in [-0.1, -0.05) is 25.8 Å². The van der Waals surface area contributed by atoms with Crippen LogP contribution in [0.2, 0.25) is 0 Å². The zero-order chi connectivity index (χ0) is 44.5. The SMILES string of the molecule is Cc1cc(-n2nc3c(c2-n2ccn(-c4ccc5c(cnn5C)c4)c2=O)CN(C(=O)c2cc4cc(C5CCOC6(CCCC6)C5)ccc4n2[C@@]2(C4NOC(=O)N4)C[C@@H]2C)CC3)cc(C)c1F. The molecule has 7 aromatic rings. The van der Waals surface area contributed by atoms with E-state index in [1.54, 1.807) is 63.1 Å². The number of hydrogen-bond acceptors (Lipinski definition) is 8. The van der Waals surface area contributed by atoms with E-state index in [0.29, 0.717) is 59.3 Å². The highest BCUT2D eigenvalue weighted by molar-refractivity contribution is 5.99. The van der Waals surface area contributed by atoms with Gasteiger partial charge in [0, 0.05) is 60.9 Å². The third kappa shape index (κ3) is 6.16. The van der Waals surface area contributed by atoms with E-state index in [0.717, 1.165) is 65.4 Å². The number of nitrogens with zero attached hydrogens (tertiary/aromatic N) is 8. The Bertz CT molecular complexity index is 3160. The van der Waals surface area contributed by atoms with Crippen LogP contribution in [-0.4, -0.2) is 75.1 Å². The van der Waals surface area contributed by atoms with Crippen LogP contribution in [0.3, 0.4) is 0 Å². The first kappa shape index (κ1) is 40.0. The summed E-state index contributed by atoms with van der Waals surface area (Å²) < 4.78 is 30.3. The van der Waals surface area contributed by atoms with E-state index in [-0.39, 0.29) is 35.5 Å². The lowest BCUT2D eigenvalue weighted by Crippen LogP contribution is -2.49. The molecule has 5 aliphatic rings. The molecule has 0 radical (unpaired) electrons. The first-order valence-electron chi connectivity index (χ1n) is 22.8. The molecule has 12 rings (SSSR count). The minimum Gasteiger partial charge on any atom is -0.375 e. The monoisotopic (exact) mass is 878 g/mol. The zero-order valence-corrected chi connectivity index (χ0v) is 36.9. The maximum Gasteiger partial charge on any atom is 0.427 e. The number of carbonyl (C=O) groups is 2. The van der Waals surface area contributed by atoms with Gasteiger partial charge in [-0.15, -0.1) is 5.48 Å². The van der Waals surface area contributed by atoms with Crippen LogP contribution in [0.15, 0.2) is 78.0 Å². The molecule has 2 saturated heterocycles. The van der Waals surface area contributed by atoms with E-state index in [9.17, 15) is 9.59 Å². The average Bonchev–Trinajstić information content (AvgIpc) is 4.05. The Morgan fingerprint density at radius 2 is 1.69 bits per heavy atom. The fraction of sp³-hybridized carbons (Fsp3) is 0.408. The molecule has 4 atom stereocenters. The summed E-state index contributed by atoms with van der Waals surface area (Å²) in [5, 5.41) is 14.3. The number of nitrogens with one attached hydrogen (secondary N) is 2. The van der Waals surface area contributed by atoms with Gasteiger partial charge in [-0.05, 0) is 123 Å². The van der Waals surface area contributed by atoms with Crippen molar-refractivity contribution in [2.45, 2.75) is 102 Å². The van der Waals surface area contributed by atoms with Crippen molar-refractivity contribution in [1.29, 1.82) is 0 Å². The first-order valence-corrected chi connectivity index (χ1v) is 22.8. The van der Waals surface area contributed by atoms with E-state index in [1.807, 2.05) is 36.2 Å². The van der Waals surface area contributed by atoms with Crippen molar-refractivity contribution in [3.63, 3.8) is 0 Å². The van der Waals surface area contributed by atoms with E-state index < -0.39 is 17.8 Å². The highest BCUT2D eigenvalue weighted by Gasteiger charge is 2.62. The molecular weight excluding hydrogens is 828 g/mol. The largest absolute Gasteiger partial charge is 0.427 e. The van der Waals surface area contributed by atoms with Gasteiger partial charge in [0.1, 0.15) is 23.5 Å². The van der Waals surface area contributed by atoms with Gasteiger partial charge in [0.15, 0.2) is 0 Å². The fourth-order valence-corrected chi connectivity index (χ4v) is 11.8. The second-order valence-corrected chi connectivity index (χ2v) is 19.2. The Morgan fingerprint density at radius 3 is 2.45 bits per heavy atom. The van der Waals surface area contributed by atoms with Crippen LogP contribution in [0.1, 0.15) is 96.2 Å². The molecule has 2 N–H and O–H groups in total. The number of amides is 2. The highest BCUT2D eigenvalue weighted by Crippen LogP contribution is 2.55. The summed E-state index contributed by atoms with van der Waals surface area (Å²) in [6.45, 7) is 6.87. The van der Waals surface area contributed by atoms with Crippen LogP contribution < -0.4 is 16.5 Å². The summed E-state index contributed by atoms with van der Waals surface area (Å²) in [5.41, 5.74) is 9.19. The average molecular weight is 879 g/mol. The Hall–Kier alpha value is -6.52. The minimum absolute atomic E-state index is 0.0408. The van der Waals surface area contributed by atoms with Crippen molar-refractivity contribution in [1.82, 2.24) is 49.0 Å². The number of rotatable bonds is 7. The van der Waals surface area contributed by atoms with Crippen molar-refractivity contribution in [3.8, 4) is 17.2 Å². The second kappa shape index (κ2) is 14.5. The molecule has 4 aromatic heterocycles. The maximum absolute atomic E-state index is 15.4. The van der Waals surface area contributed by atoms with Crippen LogP contribution in [0, 0.1) is 25.6 Å². The molecule has 334 valence electrons. The van der Waals surface area contributed by atoms with E-state index >= 15 is 9.18 Å². The summed E-state index contributed by atoms with van der Waals surface area (Å²) in [6.07, 6.45) is 11.8. The number of fused-ring (bicyclic) bond motifs is 3. The number of hydrogen-bond donors (Lipinski definition) is 2. The van der Waals surface area contributed by atoms with E-state index in [1.165, 1.54) is 18.4 Å². The predicted octanol–water partition coefficient (Wildman–Crippen LogP) is 7.12. The van der Waals surface area contributed by atoms with E-state index in [2.05, 4.69) is 45.6 Å². The number of benzene rings is 3. The van der Waals surface area contributed by atoms with Crippen LogP contribution in [0.5, 0.6) is 0 Å². The number of carbonyl (C=O) groups excluding carboxylic acids is 2. The Labute approximate surface area is 373 Å². The van der Waals surface area contributed by atoms with Crippen LogP contribution in [0.25, 0.3) is 39.0 Å². The Balaban J connectivity index is 0.962. The third-order valence-electron chi connectivity index (χ3n) is 15.3. The molecule has 3 aromatic carbocycles. The lowest BCUT2D eigenvalue weighted by Gasteiger charge is -2.38. The molecule has 3 aliphatic heterocycles. The molecule has 2 aliphatic carbocycles. The molecule has 15 nitrogen and oxygen atoms in total. The number of ether oxygens (including phenoxy) is 1. The van der Waals surface area contributed by atoms with Crippen molar-refractivity contribution in [2.75, 3.05) is 13.2 Å². The zero-order valence-electron chi connectivity index (χ0n) is 36.9. The lowest BCUT2D eigenvalue weighted by molar-refractivity contribution is -0.0804.